The van der Waals surface area contributed by atoms with Gasteiger partial charge in [0, 0.05) is 41.5 Å². The Hall–Kier alpha value is -4.78. The van der Waals surface area contributed by atoms with E-state index in [2.05, 4.69) is 21.7 Å². The fourth-order valence-corrected chi connectivity index (χ4v) is 4.41. The lowest BCUT2D eigenvalue weighted by molar-refractivity contribution is -0.111. The van der Waals surface area contributed by atoms with Crippen LogP contribution >= 0.6 is 11.6 Å². The molecule has 1 aromatic heterocycles. The van der Waals surface area contributed by atoms with Crippen molar-refractivity contribution in [3.63, 3.8) is 0 Å². The standard InChI is InChI=1S/C32H32ClN5O4/c1-5-41-30-17-26-24(16-27(30)37-31(39)11-8-14-38(2)3)32(22(18-34)19-35-26)36-23-12-13-29(25(33)15-23)42-20-21-9-6-7-10-28(21)40-4/h6-13,15-17,19H,5,14,20H2,1-4H3,(H,35,36)(H,37,39)/b11-8+. The van der Waals surface area contributed by atoms with Gasteiger partial charge in [0.1, 0.15) is 29.9 Å². The van der Waals surface area contributed by atoms with Crippen LogP contribution in [0.2, 0.25) is 5.02 Å². The Morgan fingerprint density at radius 2 is 1.90 bits per heavy atom. The van der Waals surface area contributed by atoms with Crippen LogP contribution in [-0.2, 0) is 11.4 Å². The third kappa shape index (κ3) is 7.49. The van der Waals surface area contributed by atoms with Gasteiger partial charge in [-0.25, -0.2) is 0 Å². The molecular weight excluding hydrogens is 554 g/mol. The second-order valence-corrected chi connectivity index (χ2v) is 9.89. The number of para-hydroxylation sites is 1. The molecule has 4 aromatic rings. The monoisotopic (exact) mass is 585 g/mol. The lowest BCUT2D eigenvalue weighted by Gasteiger charge is -2.16. The number of nitrogens with zero attached hydrogens (tertiary/aromatic N) is 3. The minimum atomic E-state index is -0.299. The van der Waals surface area contributed by atoms with E-state index >= 15 is 0 Å². The van der Waals surface area contributed by atoms with Gasteiger partial charge in [-0.15, -0.1) is 0 Å². The van der Waals surface area contributed by atoms with Gasteiger partial charge in [0.2, 0.25) is 5.91 Å². The number of hydrogen-bond acceptors (Lipinski definition) is 8. The minimum Gasteiger partial charge on any atom is -0.496 e. The summed E-state index contributed by atoms with van der Waals surface area (Å²) in [6.07, 6.45) is 4.74. The second-order valence-electron chi connectivity index (χ2n) is 9.48. The lowest BCUT2D eigenvalue weighted by atomic mass is 10.1. The summed E-state index contributed by atoms with van der Waals surface area (Å²) in [6, 6.07) is 18.6. The number of carbonyl (C=O) groups excluding carboxylic acids is 1. The molecule has 9 nitrogen and oxygen atoms in total. The summed E-state index contributed by atoms with van der Waals surface area (Å²) in [7, 11) is 5.45. The quantitative estimate of drug-likeness (QED) is 0.180. The molecule has 0 bridgehead atoms. The van der Waals surface area contributed by atoms with Gasteiger partial charge in [0.15, 0.2) is 0 Å². The minimum absolute atomic E-state index is 0.283. The smallest absolute Gasteiger partial charge is 0.248 e. The van der Waals surface area contributed by atoms with Crippen LogP contribution in [0.1, 0.15) is 18.1 Å². The van der Waals surface area contributed by atoms with Crippen LogP contribution in [0, 0.1) is 11.3 Å². The van der Waals surface area contributed by atoms with Crippen LogP contribution in [0.3, 0.4) is 0 Å². The predicted molar refractivity (Wildman–Crippen MR) is 166 cm³/mol. The van der Waals surface area contributed by atoms with E-state index in [0.29, 0.717) is 63.2 Å². The number of likely N-dealkylation sites (N-methyl/N-ethyl adjacent to an activating group) is 1. The van der Waals surface area contributed by atoms with Crippen molar-refractivity contribution in [1.29, 1.82) is 5.26 Å². The third-order valence-electron chi connectivity index (χ3n) is 6.16. The summed E-state index contributed by atoms with van der Waals surface area (Å²) in [6.45, 7) is 3.17. The van der Waals surface area contributed by atoms with E-state index < -0.39 is 0 Å². The third-order valence-corrected chi connectivity index (χ3v) is 6.46. The van der Waals surface area contributed by atoms with Gasteiger partial charge in [0.25, 0.3) is 0 Å². The van der Waals surface area contributed by atoms with Crippen molar-refractivity contribution < 1.29 is 19.0 Å². The van der Waals surface area contributed by atoms with Gasteiger partial charge in [-0.2, -0.15) is 5.26 Å². The number of methoxy groups -OCH3 is 1. The molecule has 3 aromatic carbocycles. The highest BCUT2D eigenvalue weighted by Gasteiger charge is 2.16. The highest BCUT2D eigenvalue weighted by molar-refractivity contribution is 6.32. The molecule has 0 unspecified atom stereocenters. The number of nitrogens with one attached hydrogen (secondary N) is 2. The summed E-state index contributed by atoms with van der Waals surface area (Å²) in [5, 5.41) is 17.1. The Bertz CT molecular complexity index is 1650. The maximum atomic E-state index is 12.6. The maximum Gasteiger partial charge on any atom is 0.248 e. The number of amides is 1. The van der Waals surface area contributed by atoms with E-state index in [1.807, 2.05) is 56.3 Å². The van der Waals surface area contributed by atoms with E-state index in [1.165, 1.54) is 12.3 Å². The van der Waals surface area contributed by atoms with Gasteiger partial charge in [-0.3, -0.25) is 9.78 Å². The maximum absolute atomic E-state index is 12.6. The van der Waals surface area contributed by atoms with Crippen LogP contribution < -0.4 is 24.8 Å². The second kappa shape index (κ2) is 14.2. The van der Waals surface area contributed by atoms with Crippen molar-refractivity contribution in [1.82, 2.24) is 9.88 Å². The number of carbonyl (C=O) groups is 1. The molecule has 1 heterocycles. The van der Waals surface area contributed by atoms with Crippen LogP contribution in [0.15, 0.2) is 72.9 Å². The number of ether oxygens (including phenoxy) is 3. The molecule has 0 radical (unpaired) electrons. The van der Waals surface area contributed by atoms with E-state index in [9.17, 15) is 10.1 Å². The highest BCUT2D eigenvalue weighted by Crippen LogP contribution is 2.37. The largest absolute Gasteiger partial charge is 0.496 e. The molecule has 0 aliphatic rings. The number of aromatic nitrogens is 1. The van der Waals surface area contributed by atoms with Gasteiger partial charge in [-0.1, -0.05) is 35.9 Å². The Labute approximate surface area is 250 Å². The zero-order valence-corrected chi connectivity index (χ0v) is 24.7. The molecule has 216 valence electrons. The Morgan fingerprint density at radius 3 is 2.62 bits per heavy atom. The molecule has 42 heavy (non-hydrogen) atoms. The molecule has 0 fully saturated rings. The number of hydrogen-bond donors (Lipinski definition) is 2. The Kier molecular flexibility index (Phi) is 10.2. The first-order valence-corrected chi connectivity index (χ1v) is 13.6. The molecule has 1 amide bonds. The number of benzene rings is 3. The average Bonchev–Trinajstić information content (AvgIpc) is 2.97. The van der Waals surface area contributed by atoms with Crippen LogP contribution in [0.4, 0.5) is 17.1 Å². The normalized spacial score (nSPS) is 11.0. The Balaban J connectivity index is 1.63. The molecule has 0 aliphatic carbocycles. The van der Waals surface area contributed by atoms with Crippen molar-refractivity contribution in [2.24, 2.45) is 0 Å². The fourth-order valence-electron chi connectivity index (χ4n) is 4.17. The molecular formula is C32H32ClN5O4. The first kappa shape index (κ1) is 30.2. The molecule has 0 saturated heterocycles. The number of halogens is 1. The number of rotatable bonds is 12. The van der Waals surface area contributed by atoms with Gasteiger partial charge in [-0.05, 0) is 51.4 Å². The van der Waals surface area contributed by atoms with Gasteiger partial charge >= 0.3 is 0 Å². The molecule has 0 spiro atoms. The Morgan fingerprint density at radius 1 is 1.10 bits per heavy atom. The van der Waals surface area contributed by atoms with Gasteiger partial charge in [0.05, 0.1) is 41.2 Å². The van der Waals surface area contributed by atoms with E-state index in [4.69, 9.17) is 25.8 Å². The molecule has 2 N–H and O–H groups in total. The molecule has 0 aliphatic heterocycles. The molecule has 0 atom stereocenters. The summed E-state index contributed by atoms with van der Waals surface area (Å²) < 4.78 is 17.1. The van der Waals surface area contributed by atoms with Crippen LogP contribution in [-0.4, -0.2) is 50.1 Å². The topological polar surface area (TPSA) is 109 Å². The number of pyridine rings is 1. The predicted octanol–water partition coefficient (Wildman–Crippen LogP) is 6.55. The summed E-state index contributed by atoms with van der Waals surface area (Å²) in [5.74, 6) is 1.41. The van der Waals surface area contributed by atoms with Gasteiger partial charge < -0.3 is 29.7 Å². The van der Waals surface area contributed by atoms with Crippen LogP contribution in [0.25, 0.3) is 10.9 Å². The molecule has 0 saturated carbocycles. The van der Waals surface area contributed by atoms with E-state index in [-0.39, 0.29) is 12.5 Å². The fraction of sp³-hybridized carbons (Fsp3) is 0.219. The SMILES string of the molecule is CCOc1cc2ncc(C#N)c(Nc3ccc(OCc4ccccc4OC)c(Cl)c3)c2cc1NC(=O)/C=C/CN(C)C. The zero-order valence-electron chi connectivity index (χ0n) is 23.9. The average molecular weight is 586 g/mol. The lowest BCUT2D eigenvalue weighted by Crippen LogP contribution is -2.13. The zero-order chi connectivity index (χ0) is 30.1. The first-order valence-electron chi connectivity index (χ1n) is 13.3. The van der Waals surface area contributed by atoms with Crippen LogP contribution in [0.5, 0.6) is 17.2 Å². The first-order chi connectivity index (χ1) is 20.3. The molecule has 4 rings (SSSR count). The van der Waals surface area contributed by atoms with Crippen molar-refractivity contribution >= 4 is 45.5 Å². The van der Waals surface area contributed by atoms with Crippen molar-refractivity contribution in [3.8, 4) is 23.3 Å². The number of nitriles is 1. The van der Waals surface area contributed by atoms with E-state index in [0.717, 1.165) is 11.3 Å². The van der Waals surface area contributed by atoms with Crippen molar-refractivity contribution in [2.75, 3.05) is 45.0 Å². The summed E-state index contributed by atoms with van der Waals surface area (Å²) in [5.41, 5.74) is 3.42. The van der Waals surface area contributed by atoms with Crippen molar-refractivity contribution in [2.45, 2.75) is 13.5 Å². The highest BCUT2D eigenvalue weighted by atomic mass is 35.5. The molecule has 10 heteroatoms. The number of anilines is 3. The summed E-state index contributed by atoms with van der Waals surface area (Å²) in [4.78, 5) is 19.0. The number of fused-ring (bicyclic) bond motifs is 1. The van der Waals surface area contributed by atoms with E-state index in [1.54, 1.807) is 37.5 Å². The van der Waals surface area contributed by atoms with Crippen molar-refractivity contribution in [3.05, 3.63) is 89.1 Å². The summed E-state index contributed by atoms with van der Waals surface area (Å²) >= 11 is 6.58.